The third-order valence-electron chi connectivity index (χ3n) is 6.78. The van der Waals surface area contributed by atoms with Gasteiger partial charge in [0.25, 0.3) is 0 Å². The van der Waals surface area contributed by atoms with Gasteiger partial charge in [0.05, 0.1) is 11.0 Å². The number of benzene rings is 2. The molecular weight excluding hydrogens is 350 g/mol. The topological polar surface area (TPSA) is 3.88 Å². The first-order valence-electron chi connectivity index (χ1n) is 10.9. The second-order valence-corrected chi connectivity index (χ2v) is 8.52. The van der Waals surface area contributed by atoms with Gasteiger partial charge < -0.3 is 0 Å². The molecule has 1 aliphatic heterocycles. The molecule has 1 aromatic heterocycles. The van der Waals surface area contributed by atoms with Gasteiger partial charge in [-0.1, -0.05) is 62.6 Å². The Morgan fingerprint density at radius 3 is 2.52 bits per heavy atom. The number of unbranched alkanes of at least 4 members (excludes halogenated alkanes) is 1. The Balaban J connectivity index is 1.98. The largest absolute Gasteiger partial charge is 0.218 e. The monoisotopic (exact) mass is 382 g/mol. The minimum absolute atomic E-state index is 0.00451. The molecular formula is C28H32N+. The van der Waals surface area contributed by atoms with E-state index in [0.29, 0.717) is 0 Å². The molecule has 4 rings (SSSR count). The van der Waals surface area contributed by atoms with Crippen molar-refractivity contribution in [3.05, 3.63) is 84.1 Å². The lowest BCUT2D eigenvalue weighted by Crippen LogP contribution is -2.48. The molecule has 148 valence electrons. The van der Waals surface area contributed by atoms with Crippen molar-refractivity contribution in [2.24, 2.45) is 0 Å². The molecule has 0 fully saturated rings. The van der Waals surface area contributed by atoms with Crippen LogP contribution in [0.5, 0.6) is 0 Å². The first-order valence-corrected chi connectivity index (χ1v) is 10.9. The number of aromatic nitrogens is 1. The molecule has 1 nitrogen and oxygen atoms in total. The van der Waals surface area contributed by atoms with Crippen molar-refractivity contribution >= 4 is 5.70 Å². The van der Waals surface area contributed by atoms with E-state index in [-0.39, 0.29) is 5.41 Å². The number of aryl methyl sites for hydroxylation is 2. The second kappa shape index (κ2) is 7.63. The summed E-state index contributed by atoms with van der Waals surface area (Å²) >= 11 is 0. The van der Waals surface area contributed by atoms with Gasteiger partial charge in [0.2, 0.25) is 5.69 Å². The second-order valence-electron chi connectivity index (χ2n) is 8.52. The van der Waals surface area contributed by atoms with Gasteiger partial charge in [-0.15, -0.1) is 0 Å². The Kier molecular flexibility index (Phi) is 5.17. The molecule has 1 atom stereocenters. The van der Waals surface area contributed by atoms with E-state index >= 15 is 0 Å². The van der Waals surface area contributed by atoms with Gasteiger partial charge in [0.15, 0.2) is 11.9 Å². The summed E-state index contributed by atoms with van der Waals surface area (Å²) in [5.41, 5.74) is 10.5. The van der Waals surface area contributed by atoms with Crippen LogP contribution in [0, 0.1) is 13.8 Å². The van der Waals surface area contributed by atoms with Crippen molar-refractivity contribution in [1.29, 1.82) is 0 Å². The van der Waals surface area contributed by atoms with E-state index in [1.165, 1.54) is 57.6 Å². The highest BCUT2D eigenvalue weighted by atomic mass is 15.0. The zero-order valence-corrected chi connectivity index (χ0v) is 18.3. The quantitative estimate of drug-likeness (QED) is 0.409. The maximum Gasteiger partial charge on any atom is 0.218 e. The van der Waals surface area contributed by atoms with Crippen LogP contribution in [0.4, 0.5) is 0 Å². The van der Waals surface area contributed by atoms with Gasteiger partial charge in [-0.2, -0.15) is 4.57 Å². The number of rotatable bonds is 5. The first-order chi connectivity index (χ1) is 14.0. The fraction of sp³-hybridized carbons (Fsp3) is 0.321. The number of allylic oxidation sites excluding steroid dienone is 1. The average molecular weight is 383 g/mol. The van der Waals surface area contributed by atoms with Crippen molar-refractivity contribution in [3.8, 4) is 22.4 Å². The van der Waals surface area contributed by atoms with E-state index in [1.54, 1.807) is 0 Å². The van der Waals surface area contributed by atoms with Crippen LogP contribution in [0.25, 0.3) is 28.1 Å². The highest BCUT2D eigenvalue weighted by molar-refractivity contribution is 5.79. The Labute approximate surface area is 175 Å². The van der Waals surface area contributed by atoms with Crippen LogP contribution in [0.3, 0.4) is 0 Å². The number of hydrogen-bond acceptors (Lipinski definition) is 0. The minimum atomic E-state index is 0.00451. The Morgan fingerprint density at radius 1 is 0.931 bits per heavy atom. The Morgan fingerprint density at radius 2 is 1.76 bits per heavy atom. The maximum atomic E-state index is 4.60. The van der Waals surface area contributed by atoms with E-state index in [1.807, 2.05) is 0 Å². The van der Waals surface area contributed by atoms with Crippen molar-refractivity contribution < 1.29 is 4.57 Å². The van der Waals surface area contributed by atoms with Gasteiger partial charge in [-0.25, -0.2) is 0 Å². The van der Waals surface area contributed by atoms with Crippen molar-refractivity contribution in [2.75, 3.05) is 0 Å². The maximum absolute atomic E-state index is 4.60. The normalized spacial score (nSPS) is 17.7. The lowest BCUT2D eigenvalue weighted by atomic mass is 9.67. The van der Waals surface area contributed by atoms with E-state index < -0.39 is 0 Å². The summed E-state index contributed by atoms with van der Waals surface area (Å²) in [6.45, 7) is 13.6. The molecule has 0 bridgehead atoms. The molecule has 1 heteroatoms. The molecule has 2 heterocycles. The summed E-state index contributed by atoms with van der Waals surface area (Å²) in [5, 5.41) is 0. The highest BCUT2D eigenvalue weighted by Gasteiger charge is 2.46. The van der Waals surface area contributed by atoms with Crippen molar-refractivity contribution in [3.63, 3.8) is 0 Å². The molecule has 29 heavy (non-hydrogen) atoms. The average Bonchev–Trinajstić information content (AvgIpc) is 2.75. The van der Waals surface area contributed by atoms with Crippen LogP contribution in [-0.2, 0) is 5.41 Å². The molecule has 3 aromatic rings. The number of hydrogen-bond donors (Lipinski definition) is 0. The van der Waals surface area contributed by atoms with Gasteiger partial charge >= 0.3 is 0 Å². The molecule has 0 aliphatic carbocycles. The van der Waals surface area contributed by atoms with Crippen LogP contribution in [0.15, 0.2) is 67.4 Å². The van der Waals surface area contributed by atoms with Crippen LogP contribution in [0.1, 0.15) is 56.2 Å². The van der Waals surface area contributed by atoms with Crippen LogP contribution < -0.4 is 4.57 Å². The SMILES string of the molecule is C=C1[n+]2ccccc2-c2cc(-c3cc(C)ccc3C)ccc2C1(CC)CCCC. The third-order valence-corrected chi connectivity index (χ3v) is 6.78. The molecule has 2 aromatic carbocycles. The molecule has 0 radical (unpaired) electrons. The molecule has 0 saturated carbocycles. The van der Waals surface area contributed by atoms with Crippen LogP contribution >= 0.6 is 0 Å². The van der Waals surface area contributed by atoms with E-state index in [4.69, 9.17) is 0 Å². The van der Waals surface area contributed by atoms with E-state index in [9.17, 15) is 0 Å². The number of nitrogens with zero attached hydrogens (tertiary/aromatic N) is 1. The van der Waals surface area contributed by atoms with Gasteiger partial charge in [0, 0.05) is 12.1 Å². The van der Waals surface area contributed by atoms with E-state index in [2.05, 4.69) is 99.6 Å². The molecule has 1 unspecified atom stereocenters. The highest BCUT2D eigenvalue weighted by Crippen LogP contribution is 2.48. The van der Waals surface area contributed by atoms with E-state index in [0.717, 1.165) is 12.8 Å². The fourth-order valence-corrected chi connectivity index (χ4v) is 5.00. The van der Waals surface area contributed by atoms with Gasteiger partial charge in [0.1, 0.15) is 0 Å². The molecule has 0 spiro atoms. The third kappa shape index (κ3) is 3.13. The lowest BCUT2D eigenvalue weighted by molar-refractivity contribution is -0.577. The molecule has 0 amide bonds. The van der Waals surface area contributed by atoms with Crippen molar-refractivity contribution in [1.82, 2.24) is 0 Å². The Hall–Kier alpha value is -2.67. The van der Waals surface area contributed by atoms with Crippen LogP contribution in [-0.4, -0.2) is 0 Å². The predicted octanol–water partition coefficient (Wildman–Crippen LogP) is 7.25. The molecule has 1 aliphatic rings. The zero-order chi connectivity index (χ0) is 20.6. The summed E-state index contributed by atoms with van der Waals surface area (Å²) in [6.07, 6.45) is 6.82. The molecule has 0 saturated heterocycles. The number of pyridine rings is 1. The zero-order valence-electron chi connectivity index (χ0n) is 18.3. The van der Waals surface area contributed by atoms with Crippen molar-refractivity contribution in [2.45, 2.75) is 58.8 Å². The fourth-order valence-electron chi connectivity index (χ4n) is 5.00. The lowest BCUT2D eigenvalue weighted by Gasteiger charge is -2.36. The summed E-state index contributed by atoms with van der Waals surface area (Å²) in [6, 6.07) is 20.3. The predicted molar refractivity (Wildman–Crippen MR) is 124 cm³/mol. The summed E-state index contributed by atoms with van der Waals surface area (Å²) in [7, 11) is 0. The summed E-state index contributed by atoms with van der Waals surface area (Å²) in [4.78, 5) is 0. The molecule has 0 N–H and O–H groups in total. The van der Waals surface area contributed by atoms with Gasteiger partial charge in [-0.3, -0.25) is 0 Å². The smallest absolute Gasteiger partial charge is 0.164 e. The minimum Gasteiger partial charge on any atom is -0.164 e. The van der Waals surface area contributed by atoms with Gasteiger partial charge in [-0.05, 0) is 67.7 Å². The summed E-state index contributed by atoms with van der Waals surface area (Å²) in [5.74, 6) is 0. The summed E-state index contributed by atoms with van der Waals surface area (Å²) < 4.78 is 2.33. The number of fused-ring (bicyclic) bond motifs is 3. The first kappa shape index (κ1) is 19.6. The standard InChI is InChI=1S/C28H32N/c1-6-8-16-28(7-2)22(5)29-17-10-9-11-27(29)25-19-23(14-15-26(25)28)24-18-20(3)12-13-21(24)4/h9-15,17-19H,5-8,16H2,1-4H3/q+1. The Bertz CT molecular complexity index is 1080. The van der Waals surface area contributed by atoms with Crippen LogP contribution in [0.2, 0.25) is 0 Å².